The molecule has 0 aromatic heterocycles. The summed E-state index contributed by atoms with van der Waals surface area (Å²) in [5.74, 6) is 0. The summed E-state index contributed by atoms with van der Waals surface area (Å²) in [5.41, 5.74) is 2.46. The zero-order valence-corrected chi connectivity index (χ0v) is 6.64. The van der Waals surface area contributed by atoms with Gasteiger partial charge in [0.15, 0.2) is 0 Å². The first kappa shape index (κ1) is 9.43. The van der Waals surface area contributed by atoms with Gasteiger partial charge in [0.05, 0.1) is 0 Å². The maximum atomic E-state index is 9.99. The van der Waals surface area contributed by atoms with Crippen LogP contribution in [0.5, 0.6) is 0 Å². The van der Waals surface area contributed by atoms with E-state index >= 15 is 0 Å². The van der Waals surface area contributed by atoms with Gasteiger partial charge >= 0.3 is 0 Å². The molecule has 0 amide bonds. The van der Waals surface area contributed by atoms with Crippen LogP contribution in [-0.4, -0.2) is 14.5 Å². The first-order valence-corrected chi connectivity index (χ1v) is 3.97. The van der Waals surface area contributed by atoms with Crippen molar-refractivity contribution in [1.82, 2.24) is 0 Å². The normalized spacial score (nSPS) is 12.6. The summed E-state index contributed by atoms with van der Waals surface area (Å²) in [6.45, 7) is 5.12. The number of hydrogen-bond acceptors (Lipinski definition) is 3. The minimum absolute atomic E-state index is 0.404. The minimum Gasteiger partial charge on any atom is -0.264 e. The molecule has 0 aliphatic carbocycles. The molecular weight excluding hydrogens is 152 g/mol. The van der Waals surface area contributed by atoms with Crippen LogP contribution in [0.3, 0.4) is 0 Å². The summed E-state index contributed by atoms with van der Waals surface area (Å²) < 4.78 is 24.4. The number of hydrogen-bond donors (Lipinski definition) is 1. The maximum absolute atomic E-state index is 9.99. The van der Waals surface area contributed by atoms with Crippen molar-refractivity contribution >= 4 is 11.0 Å². The molecule has 0 aromatic carbocycles. The van der Waals surface area contributed by atoms with E-state index in [2.05, 4.69) is 16.5 Å². The molecule has 58 valence electrons. The molecule has 0 bridgehead atoms. The van der Waals surface area contributed by atoms with Gasteiger partial charge in [-0.15, -0.1) is 5.73 Å². The highest BCUT2D eigenvalue weighted by atomic mass is 32.2. The van der Waals surface area contributed by atoms with Crippen molar-refractivity contribution in [2.45, 2.75) is 19.4 Å². The Kier molecular flexibility index (Phi) is 4.94. The predicted octanol–water partition coefficient (Wildman–Crippen LogP) is 0.649. The van der Waals surface area contributed by atoms with E-state index in [0.717, 1.165) is 0 Å². The first-order chi connectivity index (χ1) is 4.70. The highest BCUT2D eigenvalue weighted by Gasteiger charge is 2.00. The molecule has 3 nitrogen and oxygen atoms in total. The second-order valence-corrected chi connectivity index (χ2v) is 2.30. The molecule has 4 heteroatoms. The first-order valence-electron chi connectivity index (χ1n) is 2.87. The van der Waals surface area contributed by atoms with Crippen LogP contribution in [0.1, 0.15) is 13.3 Å². The third kappa shape index (κ3) is 4.32. The van der Waals surface area contributed by atoms with E-state index < -0.39 is 17.1 Å². The fraction of sp³-hybridized carbons (Fsp3) is 0.500. The average Bonchev–Trinajstić information content (AvgIpc) is 1.86. The van der Waals surface area contributed by atoms with Crippen LogP contribution in [0.2, 0.25) is 0 Å². The monoisotopic (exact) mass is 162 g/mol. The zero-order valence-electron chi connectivity index (χ0n) is 5.74. The molecule has 0 aromatic rings. The summed E-state index contributed by atoms with van der Waals surface area (Å²) in [6, 6.07) is 0. The number of rotatable bonds is 4. The smallest absolute Gasteiger partial charge is 0.257 e. The largest absolute Gasteiger partial charge is 0.264 e. The van der Waals surface area contributed by atoms with Crippen molar-refractivity contribution in [3.63, 3.8) is 0 Å². The van der Waals surface area contributed by atoms with Gasteiger partial charge in [-0.1, -0.05) is 13.5 Å². The Labute approximate surface area is 62.2 Å². The van der Waals surface area contributed by atoms with Gasteiger partial charge in [0.25, 0.3) is 11.0 Å². The van der Waals surface area contributed by atoms with E-state index in [0.29, 0.717) is 6.42 Å². The van der Waals surface area contributed by atoms with E-state index in [9.17, 15) is 8.42 Å². The molecule has 1 atom stereocenters. The molecule has 1 unspecified atom stereocenters. The van der Waals surface area contributed by atoms with Crippen molar-refractivity contribution < 1.29 is 12.6 Å². The third-order valence-electron chi connectivity index (χ3n) is 0.928. The summed E-state index contributed by atoms with van der Waals surface area (Å²) >= 11 is 0. The van der Waals surface area contributed by atoms with Crippen molar-refractivity contribution in [3.05, 3.63) is 18.4 Å². The van der Waals surface area contributed by atoms with Gasteiger partial charge in [-0.25, -0.2) is 8.42 Å². The van der Waals surface area contributed by atoms with E-state index in [1.54, 1.807) is 0 Å². The third-order valence-corrected chi connectivity index (χ3v) is 1.37. The van der Waals surface area contributed by atoms with E-state index in [-0.39, 0.29) is 0 Å². The van der Waals surface area contributed by atoms with Crippen LogP contribution >= 0.6 is 0 Å². The lowest BCUT2D eigenvalue weighted by Crippen LogP contribution is -2.05. The SMILES string of the molecule is C=C=CC(CC)O[SH](=O)=O. The molecule has 0 fully saturated rings. The molecule has 0 aliphatic heterocycles. The Morgan fingerprint density at radius 3 is 2.70 bits per heavy atom. The van der Waals surface area contributed by atoms with Gasteiger partial charge in [0.2, 0.25) is 0 Å². The van der Waals surface area contributed by atoms with Crippen LogP contribution in [0.15, 0.2) is 18.4 Å². The zero-order chi connectivity index (χ0) is 7.98. The summed E-state index contributed by atoms with van der Waals surface area (Å²) in [6.07, 6.45) is 1.68. The standard InChI is InChI=1S/C6H10O3S/c1-3-5-6(4-2)9-10(7)8/h5-6,10H,1,4H2,2H3. The molecule has 0 saturated heterocycles. The van der Waals surface area contributed by atoms with E-state index in [4.69, 9.17) is 0 Å². The Hall–Kier alpha value is -0.570. The van der Waals surface area contributed by atoms with Crippen LogP contribution in [0.4, 0.5) is 0 Å². The topological polar surface area (TPSA) is 43.4 Å². The summed E-state index contributed by atoms with van der Waals surface area (Å²) in [4.78, 5) is 0. The lowest BCUT2D eigenvalue weighted by Gasteiger charge is -2.02. The van der Waals surface area contributed by atoms with Gasteiger partial charge in [-0.2, -0.15) is 0 Å². The van der Waals surface area contributed by atoms with Gasteiger partial charge in [0, 0.05) is 0 Å². The molecular formula is C6H10O3S. The molecule has 0 aliphatic rings. The average molecular weight is 162 g/mol. The molecule has 0 saturated carbocycles. The fourth-order valence-corrected chi connectivity index (χ4v) is 0.896. The highest BCUT2D eigenvalue weighted by Crippen LogP contribution is 1.97. The van der Waals surface area contributed by atoms with Crippen molar-refractivity contribution in [1.29, 1.82) is 0 Å². The number of thiol groups is 1. The van der Waals surface area contributed by atoms with E-state index in [1.165, 1.54) is 6.08 Å². The molecule has 10 heavy (non-hydrogen) atoms. The van der Waals surface area contributed by atoms with Crippen LogP contribution < -0.4 is 0 Å². The molecule has 0 rings (SSSR count). The Balaban J connectivity index is 3.95. The van der Waals surface area contributed by atoms with Gasteiger partial charge in [0.1, 0.15) is 6.10 Å². The molecule has 0 N–H and O–H groups in total. The second-order valence-electron chi connectivity index (χ2n) is 1.65. The predicted molar refractivity (Wildman–Crippen MR) is 39.2 cm³/mol. The van der Waals surface area contributed by atoms with Crippen molar-refractivity contribution in [3.8, 4) is 0 Å². The van der Waals surface area contributed by atoms with Gasteiger partial charge in [-0.3, -0.25) is 4.18 Å². The second kappa shape index (κ2) is 5.23. The molecule has 0 heterocycles. The van der Waals surface area contributed by atoms with Crippen molar-refractivity contribution in [2.75, 3.05) is 0 Å². The molecule has 0 spiro atoms. The van der Waals surface area contributed by atoms with Crippen LogP contribution in [0.25, 0.3) is 0 Å². The quantitative estimate of drug-likeness (QED) is 0.487. The Morgan fingerprint density at radius 2 is 2.40 bits per heavy atom. The van der Waals surface area contributed by atoms with E-state index in [1.807, 2.05) is 6.92 Å². The Bertz CT molecular complexity index is 193. The van der Waals surface area contributed by atoms with Crippen molar-refractivity contribution in [2.24, 2.45) is 0 Å². The summed E-state index contributed by atoms with van der Waals surface area (Å²) in [5, 5.41) is 0. The highest BCUT2D eigenvalue weighted by molar-refractivity contribution is 7.67. The summed E-state index contributed by atoms with van der Waals surface area (Å²) in [7, 11) is -2.76. The molecule has 0 radical (unpaired) electrons. The lowest BCUT2D eigenvalue weighted by molar-refractivity contribution is 0.263. The van der Waals surface area contributed by atoms with Crippen LogP contribution in [-0.2, 0) is 15.2 Å². The fourth-order valence-electron chi connectivity index (χ4n) is 0.465. The Morgan fingerprint density at radius 1 is 1.80 bits per heavy atom. The van der Waals surface area contributed by atoms with Gasteiger partial charge < -0.3 is 0 Å². The lowest BCUT2D eigenvalue weighted by atomic mass is 10.3. The van der Waals surface area contributed by atoms with Gasteiger partial charge in [-0.05, 0) is 12.5 Å². The minimum atomic E-state index is -2.76. The van der Waals surface area contributed by atoms with Crippen LogP contribution in [0, 0.1) is 0 Å². The maximum Gasteiger partial charge on any atom is 0.257 e.